The number of nitrogen functional groups attached to an aromatic ring is 1. The number of halogens is 2. The van der Waals surface area contributed by atoms with Crippen molar-refractivity contribution in [2.75, 3.05) is 5.73 Å². The summed E-state index contributed by atoms with van der Waals surface area (Å²) >= 11 is 2.93. The smallest absolute Gasteiger partial charge is 0.155 e. The van der Waals surface area contributed by atoms with Crippen LogP contribution in [0, 0.1) is 17.1 Å². The minimum Gasteiger partial charge on any atom is -0.399 e. The number of hydrogen-bond acceptors (Lipinski definition) is 2. The topological polar surface area (TPSA) is 49.8 Å². The second-order valence-corrected chi connectivity index (χ2v) is 2.83. The summed E-state index contributed by atoms with van der Waals surface area (Å²) in [4.78, 5) is 0. The molecule has 1 aromatic carbocycles. The van der Waals surface area contributed by atoms with Crippen LogP contribution < -0.4 is 5.73 Å². The molecule has 0 fully saturated rings. The SMILES string of the molecule is N#Cc1cc(N)cc(Br)c1F. The molecule has 0 aromatic heterocycles. The van der Waals surface area contributed by atoms with Crippen LogP contribution >= 0.6 is 15.9 Å². The van der Waals surface area contributed by atoms with Gasteiger partial charge in [-0.15, -0.1) is 0 Å². The van der Waals surface area contributed by atoms with E-state index in [-0.39, 0.29) is 10.0 Å². The number of nitrogens with two attached hydrogens (primary N) is 1. The lowest BCUT2D eigenvalue weighted by Gasteiger charge is -1.97. The molecule has 0 saturated carbocycles. The molecule has 1 rings (SSSR count). The van der Waals surface area contributed by atoms with E-state index >= 15 is 0 Å². The van der Waals surface area contributed by atoms with Crippen LogP contribution in [-0.2, 0) is 0 Å². The molecule has 11 heavy (non-hydrogen) atoms. The van der Waals surface area contributed by atoms with Crippen LogP contribution in [0.2, 0.25) is 0 Å². The predicted octanol–water partition coefficient (Wildman–Crippen LogP) is 2.04. The van der Waals surface area contributed by atoms with E-state index in [1.807, 2.05) is 0 Å². The normalized spacial score (nSPS) is 9.18. The first-order chi connectivity index (χ1) is 5.15. The monoisotopic (exact) mass is 214 g/mol. The van der Waals surface area contributed by atoms with Crippen LogP contribution in [0.25, 0.3) is 0 Å². The lowest BCUT2D eigenvalue weighted by atomic mass is 10.2. The van der Waals surface area contributed by atoms with Gasteiger partial charge in [0.15, 0.2) is 5.82 Å². The Kier molecular flexibility index (Phi) is 2.11. The van der Waals surface area contributed by atoms with E-state index in [1.54, 1.807) is 6.07 Å². The van der Waals surface area contributed by atoms with Gasteiger partial charge in [-0.05, 0) is 28.1 Å². The van der Waals surface area contributed by atoms with E-state index in [0.717, 1.165) is 0 Å². The molecule has 0 saturated heterocycles. The van der Waals surface area contributed by atoms with E-state index in [4.69, 9.17) is 11.0 Å². The third kappa shape index (κ3) is 1.49. The Bertz CT molecular complexity index is 330. The summed E-state index contributed by atoms with van der Waals surface area (Å²) in [5, 5.41) is 8.40. The van der Waals surface area contributed by atoms with E-state index < -0.39 is 5.82 Å². The van der Waals surface area contributed by atoms with Crippen LogP contribution in [0.4, 0.5) is 10.1 Å². The highest BCUT2D eigenvalue weighted by atomic mass is 79.9. The highest BCUT2D eigenvalue weighted by Gasteiger charge is 2.06. The maximum atomic E-state index is 12.9. The van der Waals surface area contributed by atoms with Crippen LogP contribution in [0.1, 0.15) is 5.56 Å². The Hall–Kier alpha value is -1.08. The maximum Gasteiger partial charge on any atom is 0.155 e. The van der Waals surface area contributed by atoms with Crippen molar-refractivity contribution >= 4 is 21.6 Å². The summed E-state index contributed by atoms with van der Waals surface area (Å²) in [5.74, 6) is -0.568. The molecular weight excluding hydrogens is 211 g/mol. The molecule has 56 valence electrons. The molecule has 0 amide bonds. The van der Waals surface area contributed by atoms with Gasteiger partial charge in [0.1, 0.15) is 6.07 Å². The summed E-state index contributed by atoms with van der Waals surface area (Å²) < 4.78 is 13.1. The highest BCUT2D eigenvalue weighted by Crippen LogP contribution is 2.21. The molecule has 0 heterocycles. The second-order valence-electron chi connectivity index (χ2n) is 1.98. The first kappa shape index (κ1) is 8.02. The largest absolute Gasteiger partial charge is 0.399 e. The maximum absolute atomic E-state index is 12.9. The molecule has 0 aliphatic rings. The molecule has 4 heteroatoms. The average molecular weight is 215 g/mol. The van der Waals surface area contributed by atoms with Gasteiger partial charge in [-0.2, -0.15) is 5.26 Å². The zero-order chi connectivity index (χ0) is 8.43. The van der Waals surface area contributed by atoms with Gasteiger partial charge >= 0.3 is 0 Å². The number of nitriles is 1. The molecule has 0 aliphatic heterocycles. The summed E-state index contributed by atoms with van der Waals surface area (Å²) in [5.41, 5.74) is 5.68. The number of rotatable bonds is 0. The van der Waals surface area contributed by atoms with Crippen molar-refractivity contribution in [2.45, 2.75) is 0 Å². The van der Waals surface area contributed by atoms with Gasteiger partial charge in [-0.3, -0.25) is 0 Å². The Balaban J connectivity index is 3.39. The van der Waals surface area contributed by atoms with E-state index in [0.29, 0.717) is 5.69 Å². The molecule has 0 bridgehead atoms. The van der Waals surface area contributed by atoms with E-state index in [1.165, 1.54) is 12.1 Å². The number of benzene rings is 1. The zero-order valence-electron chi connectivity index (χ0n) is 5.44. The third-order valence-electron chi connectivity index (χ3n) is 1.17. The minimum atomic E-state index is -0.568. The molecule has 2 nitrogen and oxygen atoms in total. The molecule has 0 unspecified atom stereocenters. The highest BCUT2D eigenvalue weighted by molar-refractivity contribution is 9.10. The van der Waals surface area contributed by atoms with E-state index in [9.17, 15) is 4.39 Å². The molecule has 1 aromatic rings. The van der Waals surface area contributed by atoms with Crippen LogP contribution in [0.15, 0.2) is 16.6 Å². The fraction of sp³-hybridized carbons (Fsp3) is 0. The molecule has 0 atom stereocenters. The standard InChI is InChI=1S/C7H4BrFN2/c8-6-2-5(11)1-4(3-10)7(6)9/h1-2H,11H2. The Labute approximate surface area is 71.6 Å². The Morgan fingerprint density at radius 1 is 1.55 bits per heavy atom. The molecule has 0 spiro atoms. The zero-order valence-corrected chi connectivity index (χ0v) is 7.02. The van der Waals surface area contributed by atoms with Gasteiger partial charge < -0.3 is 5.73 Å². The van der Waals surface area contributed by atoms with Crippen molar-refractivity contribution in [1.29, 1.82) is 5.26 Å². The lowest BCUT2D eigenvalue weighted by Crippen LogP contribution is -1.90. The van der Waals surface area contributed by atoms with Gasteiger partial charge in [0.25, 0.3) is 0 Å². The first-order valence-corrected chi connectivity index (χ1v) is 3.59. The van der Waals surface area contributed by atoms with Crippen LogP contribution in [0.5, 0.6) is 0 Å². The van der Waals surface area contributed by atoms with E-state index in [2.05, 4.69) is 15.9 Å². The second kappa shape index (κ2) is 2.89. The summed E-state index contributed by atoms with van der Waals surface area (Å²) in [7, 11) is 0. The van der Waals surface area contributed by atoms with Crippen molar-refractivity contribution in [1.82, 2.24) is 0 Å². The average Bonchev–Trinajstić information content (AvgIpc) is 1.96. The molecule has 0 radical (unpaired) electrons. The Morgan fingerprint density at radius 2 is 2.18 bits per heavy atom. The van der Waals surface area contributed by atoms with Gasteiger partial charge in [0.2, 0.25) is 0 Å². The van der Waals surface area contributed by atoms with Gasteiger partial charge in [0.05, 0.1) is 10.0 Å². The molecule has 0 aliphatic carbocycles. The predicted molar refractivity (Wildman–Crippen MR) is 43.2 cm³/mol. The number of anilines is 1. The quantitative estimate of drug-likeness (QED) is 0.673. The summed E-state index contributed by atoms with van der Waals surface area (Å²) in [6.45, 7) is 0. The van der Waals surface area contributed by atoms with Crippen molar-refractivity contribution < 1.29 is 4.39 Å². The lowest BCUT2D eigenvalue weighted by molar-refractivity contribution is 0.617. The van der Waals surface area contributed by atoms with Crippen molar-refractivity contribution in [2.24, 2.45) is 0 Å². The summed E-state index contributed by atoms with van der Waals surface area (Å²) in [6, 6.07) is 4.40. The molecular formula is C7H4BrFN2. The Morgan fingerprint density at radius 3 is 2.73 bits per heavy atom. The first-order valence-electron chi connectivity index (χ1n) is 2.79. The van der Waals surface area contributed by atoms with Crippen molar-refractivity contribution in [3.05, 3.63) is 28.0 Å². The van der Waals surface area contributed by atoms with Crippen molar-refractivity contribution in [3.63, 3.8) is 0 Å². The summed E-state index contributed by atoms with van der Waals surface area (Å²) in [6.07, 6.45) is 0. The van der Waals surface area contributed by atoms with Crippen LogP contribution in [-0.4, -0.2) is 0 Å². The van der Waals surface area contributed by atoms with Gasteiger partial charge in [-0.25, -0.2) is 4.39 Å². The van der Waals surface area contributed by atoms with Gasteiger partial charge in [0, 0.05) is 5.69 Å². The van der Waals surface area contributed by atoms with Crippen LogP contribution in [0.3, 0.4) is 0 Å². The fourth-order valence-corrected chi connectivity index (χ4v) is 1.17. The van der Waals surface area contributed by atoms with Gasteiger partial charge in [-0.1, -0.05) is 0 Å². The number of hydrogen-bond donors (Lipinski definition) is 1. The fourth-order valence-electron chi connectivity index (χ4n) is 0.691. The number of nitrogens with zero attached hydrogens (tertiary/aromatic N) is 1. The molecule has 2 N–H and O–H groups in total. The minimum absolute atomic E-state index is 0.0446. The third-order valence-corrected chi connectivity index (χ3v) is 1.75. The van der Waals surface area contributed by atoms with Crippen molar-refractivity contribution in [3.8, 4) is 6.07 Å².